The first-order chi connectivity index (χ1) is 8.74. The molecule has 0 aliphatic carbocycles. The molecule has 0 saturated heterocycles. The van der Waals surface area contributed by atoms with Crippen LogP contribution in [0.3, 0.4) is 0 Å². The predicted molar refractivity (Wildman–Crippen MR) is 73.3 cm³/mol. The third-order valence-electron chi connectivity index (χ3n) is 3.05. The summed E-state index contributed by atoms with van der Waals surface area (Å²) in [5.74, 6) is 0. The van der Waals surface area contributed by atoms with Gasteiger partial charge in [0.1, 0.15) is 0 Å². The van der Waals surface area contributed by atoms with Crippen molar-refractivity contribution in [1.82, 2.24) is 14.8 Å². The molecule has 0 N–H and O–H groups in total. The summed E-state index contributed by atoms with van der Waals surface area (Å²) in [4.78, 5) is 4.47. The molecule has 0 spiro atoms. The molecule has 3 heteroatoms. The number of aromatic nitrogens is 3. The highest BCUT2D eigenvalue weighted by Gasteiger charge is 2.05. The summed E-state index contributed by atoms with van der Waals surface area (Å²) in [7, 11) is 0. The molecule has 3 rings (SSSR count). The topological polar surface area (TPSA) is 30.7 Å². The molecule has 2 heterocycles. The van der Waals surface area contributed by atoms with Gasteiger partial charge in [0.25, 0.3) is 0 Å². The second kappa shape index (κ2) is 4.26. The Bertz CT molecular complexity index is 683. The summed E-state index contributed by atoms with van der Waals surface area (Å²) in [6.45, 7) is 4.24. The number of nitrogens with zero attached hydrogens (tertiary/aromatic N) is 3. The molecule has 1 aromatic carbocycles. The summed E-state index contributed by atoms with van der Waals surface area (Å²) in [5, 5.41) is 5.52. The normalized spacial score (nSPS) is 11.3. The molecule has 18 heavy (non-hydrogen) atoms. The molecule has 0 saturated carbocycles. The summed E-state index contributed by atoms with van der Waals surface area (Å²) < 4.78 is 1.96. The minimum Gasteiger partial charge on any atom is -0.270 e. The van der Waals surface area contributed by atoms with Crippen molar-refractivity contribution >= 4 is 10.9 Å². The molecule has 0 amide bonds. The number of hydrogen-bond acceptors (Lipinski definition) is 2. The van der Waals surface area contributed by atoms with Gasteiger partial charge < -0.3 is 0 Å². The Morgan fingerprint density at radius 3 is 2.67 bits per heavy atom. The molecule has 90 valence electrons. The minimum absolute atomic E-state index is 0.382. The van der Waals surface area contributed by atoms with Crippen LogP contribution >= 0.6 is 0 Å². The lowest BCUT2D eigenvalue weighted by atomic mass is 10.1. The van der Waals surface area contributed by atoms with Crippen LogP contribution in [0.4, 0.5) is 0 Å². The van der Waals surface area contributed by atoms with E-state index in [2.05, 4.69) is 42.3 Å². The van der Waals surface area contributed by atoms with Crippen LogP contribution in [-0.2, 0) is 0 Å². The maximum absolute atomic E-state index is 4.47. The average molecular weight is 237 g/mol. The van der Waals surface area contributed by atoms with Crippen LogP contribution in [0.15, 0.2) is 48.9 Å². The van der Waals surface area contributed by atoms with E-state index >= 15 is 0 Å². The van der Waals surface area contributed by atoms with Gasteiger partial charge in [0.2, 0.25) is 0 Å². The molecule has 0 unspecified atom stereocenters. The van der Waals surface area contributed by atoms with Crippen LogP contribution in [0, 0.1) is 0 Å². The minimum atomic E-state index is 0.382. The molecule has 0 bridgehead atoms. The Morgan fingerprint density at radius 2 is 1.89 bits per heavy atom. The van der Waals surface area contributed by atoms with E-state index in [4.69, 9.17) is 0 Å². The Labute approximate surface area is 106 Å². The lowest BCUT2D eigenvalue weighted by Crippen LogP contribution is -1.99. The van der Waals surface area contributed by atoms with Gasteiger partial charge in [0, 0.05) is 34.9 Å². The standard InChI is InChI=1S/C15H15N3/c1-11(2)18-10-14(9-17-18)13-7-12-5-3-4-6-15(12)16-8-13/h3-11H,1-2H3. The third-order valence-corrected chi connectivity index (χ3v) is 3.05. The average Bonchev–Trinajstić information content (AvgIpc) is 2.88. The summed E-state index contributed by atoms with van der Waals surface area (Å²) in [6, 6.07) is 10.7. The maximum Gasteiger partial charge on any atom is 0.0702 e. The van der Waals surface area contributed by atoms with Crippen LogP contribution in [-0.4, -0.2) is 14.8 Å². The lowest BCUT2D eigenvalue weighted by Gasteiger charge is -2.03. The monoisotopic (exact) mass is 237 g/mol. The Balaban J connectivity index is 2.07. The number of pyridine rings is 1. The molecule has 2 aromatic heterocycles. The van der Waals surface area contributed by atoms with Crippen molar-refractivity contribution in [3.05, 3.63) is 48.9 Å². The quantitative estimate of drug-likeness (QED) is 0.680. The number of rotatable bonds is 2. The van der Waals surface area contributed by atoms with E-state index in [1.165, 1.54) is 0 Å². The van der Waals surface area contributed by atoms with Crippen molar-refractivity contribution in [2.24, 2.45) is 0 Å². The van der Waals surface area contributed by atoms with Gasteiger partial charge in [0.05, 0.1) is 11.7 Å². The Hall–Kier alpha value is -2.16. The smallest absolute Gasteiger partial charge is 0.0702 e. The molecule has 3 nitrogen and oxygen atoms in total. The van der Waals surface area contributed by atoms with Crippen LogP contribution in [0.25, 0.3) is 22.0 Å². The number of benzene rings is 1. The van der Waals surface area contributed by atoms with E-state index in [-0.39, 0.29) is 0 Å². The fourth-order valence-corrected chi connectivity index (χ4v) is 2.00. The van der Waals surface area contributed by atoms with Gasteiger partial charge in [0.15, 0.2) is 0 Å². The molecule has 0 atom stereocenters. The number of para-hydroxylation sites is 1. The zero-order valence-corrected chi connectivity index (χ0v) is 10.5. The Kier molecular flexibility index (Phi) is 2.59. The molecule has 0 aliphatic rings. The van der Waals surface area contributed by atoms with E-state index < -0.39 is 0 Å². The van der Waals surface area contributed by atoms with E-state index in [1.54, 1.807) is 0 Å². The highest BCUT2D eigenvalue weighted by molar-refractivity contribution is 5.83. The first-order valence-electron chi connectivity index (χ1n) is 6.13. The third kappa shape index (κ3) is 1.88. The van der Waals surface area contributed by atoms with Crippen molar-refractivity contribution < 1.29 is 0 Å². The largest absolute Gasteiger partial charge is 0.270 e. The first kappa shape index (κ1) is 11.0. The van der Waals surface area contributed by atoms with Gasteiger partial charge in [-0.1, -0.05) is 18.2 Å². The van der Waals surface area contributed by atoms with Gasteiger partial charge >= 0.3 is 0 Å². The summed E-state index contributed by atoms with van der Waals surface area (Å²) in [5.41, 5.74) is 3.25. The van der Waals surface area contributed by atoms with Gasteiger partial charge in [-0.2, -0.15) is 5.10 Å². The van der Waals surface area contributed by atoms with Gasteiger partial charge in [-0.25, -0.2) is 0 Å². The second-order valence-corrected chi connectivity index (χ2v) is 4.72. The zero-order valence-electron chi connectivity index (χ0n) is 10.5. The predicted octanol–water partition coefficient (Wildman–Crippen LogP) is 3.68. The van der Waals surface area contributed by atoms with E-state index in [9.17, 15) is 0 Å². The highest BCUT2D eigenvalue weighted by Crippen LogP contribution is 2.22. The van der Waals surface area contributed by atoms with Crippen molar-refractivity contribution in [3.8, 4) is 11.1 Å². The van der Waals surface area contributed by atoms with Gasteiger partial charge in [-0.3, -0.25) is 9.67 Å². The van der Waals surface area contributed by atoms with Gasteiger partial charge in [-0.15, -0.1) is 0 Å². The van der Waals surface area contributed by atoms with E-state index in [1.807, 2.05) is 35.3 Å². The van der Waals surface area contributed by atoms with Gasteiger partial charge in [-0.05, 0) is 26.0 Å². The summed E-state index contributed by atoms with van der Waals surface area (Å²) in [6.07, 6.45) is 5.87. The Morgan fingerprint density at radius 1 is 1.06 bits per heavy atom. The first-order valence-corrected chi connectivity index (χ1v) is 6.13. The maximum atomic E-state index is 4.47. The zero-order chi connectivity index (χ0) is 12.5. The fraction of sp³-hybridized carbons (Fsp3) is 0.200. The van der Waals surface area contributed by atoms with Crippen LogP contribution in [0.5, 0.6) is 0 Å². The molecular formula is C15H15N3. The van der Waals surface area contributed by atoms with Crippen molar-refractivity contribution in [2.45, 2.75) is 19.9 Å². The molecule has 3 aromatic rings. The SMILES string of the molecule is CC(C)n1cc(-c2cnc3ccccc3c2)cn1. The molecule has 0 fully saturated rings. The van der Waals surface area contributed by atoms with Crippen LogP contribution < -0.4 is 0 Å². The fourth-order valence-electron chi connectivity index (χ4n) is 2.00. The molecule has 0 radical (unpaired) electrons. The molecule has 0 aliphatic heterocycles. The number of fused-ring (bicyclic) bond motifs is 1. The van der Waals surface area contributed by atoms with Crippen molar-refractivity contribution in [3.63, 3.8) is 0 Å². The lowest BCUT2D eigenvalue weighted by molar-refractivity contribution is 0.532. The molecular weight excluding hydrogens is 222 g/mol. The second-order valence-electron chi connectivity index (χ2n) is 4.72. The van der Waals surface area contributed by atoms with E-state index in [0.29, 0.717) is 6.04 Å². The van der Waals surface area contributed by atoms with Crippen molar-refractivity contribution in [2.75, 3.05) is 0 Å². The van der Waals surface area contributed by atoms with Crippen LogP contribution in [0.1, 0.15) is 19.9 Å². The number of hydrogen-bond donors (Lipinski definition) is 0. The summed E-state index contributed by atoms with van der Waals surface area (Å²) >= 11 is 0. The highest BCUT2D eigenvalue weighted by atomic mass is 15.3. The van der Waals surface area contributed by atoms with Crippen molar-refractivity contribution in [1.29, 1.82) is 0 Å². The van der Waals surface area contributed by atoms with E-state index in [0.717, 1.165) is 22.0 Å². The van der Waals surface area contributed by atoms with Crippen LogP contribution in [0.2, 0.25) is 0 Å².